The van der Waals surface area contributed by atoms with Crippen LogP contribution in [0.5, 0.6) is 5.75 Å². The lowest BCUT2D eigenvalue weighted by Crippen LogP contribution is -2.38. The molecule has 10 heteroatoms. The van der Waals surface area contributed by atoms with Crippen molar-refractivity contribution in [1.82, 2.24) is 4.90 Å². The highest BCUT2D eigenvalue weighted by atomic mass is 32.2. The molecule has 0 aliphatic carbocycles. The van der Waals surface area contributed by atoms with E-state index < -0.39 is 26.4 Å². The molecule has 3 aromatic rings. The van der Waals surface area contributed by atoms with Crippen molar-refractivity contribution >= 4 is 27.3 Å². The average Bonchev–Trinajstić information content (AvgIpc) is 2.85. The normalized spacial score (nSPS) is 14.5. The van der Waals surface area contributed by atoms with Crippen LogP contribution in [0, 0.1) is 16.0 Å². The Morgan fingerprint density at radius 3 is 2.31 bits per heavy atom. The molecule has 1 aliphatic rings. The van der Waals surface area contributed by atoms with Crippen LogP contribution in [0.3, 0.4) is 0 Å². The Morgan fingerprint density at radius 1 is 1.03 bits per heavy atom. The average molecular weight is 496 g/mol. The van der Waals surface area contributed by atoms with Gasteiger partial charge in [-0.05, 0) is 67.1 Å². The lowest BCUT2D eigenvalue weighted by atomic mass is 9.90. The number of piperidine rings is 1. The van der Waals surface area contributed by atoms with Crippen LogP contribution in [-0.4, -0.2) is 42.3 Å². The van der Waals surface area contributed by atoms with Crippen LogP contribution < -0.4 is 4.72 Å². The highest BCUT2D eigenvalue weighted by molar-refractivity contribution is 7.92. The van der Waals surface area contributed by atoms with Gasteiger partial charge in [0.15, 0.2) is 5.75 Å². The molecule has 0 unspecified atom stereocenters. The molecule has 1 heterocycles. The first kappa shape index (κ1) is 24.2. The summed E-state index contributed by atoms with van der Waals surface area (Å²) in [5.41, 5.74) is 1.26. The number of nitro groups is 1. The van der Waals surface area contributed by atoms with E-state index >= 15 is 0 Å². The second-order valence-corrected chi connectivity index (χ2v) is 10.2. The Hall–Kier alpha value is -3.92. The van der Waals surface area contributed by atoms with Gasteiger partial charge in [0.05, 0.1) is 9.82 Å². The second kappa shape index (κ2) is 10.1. The predicted octanol–water partition coefficient (Wildman–Crippen LogP) is 4.20. The summed E-state index contributed by atoms with van der Waals surface area (Å²) in [5, 5.41) is 20.5. The minimum absolute atomic E-state index is 0.105. The first-order valence-electron chi connectivity index (χ1n) is 11.2. The van der Waals surface area contributed by atoms with Gasteiger partial charge in [-0.15, -0.1) is 0 Å². The third kappa shape index (κ3) is 5.78. The van der Waals surface area contributed by atoms with Crippen LogP contribution in [0.25, 0.3) is 0 Å². The van der Waals surface area contributed by atoms with Crippen LogP contribution >= 0.6 is 0 Å². The Morgan fingerprint density at radius 2 is 1.69 bits per heavy atom. The van der Waals surface area contributed by atoms with Gasteiger partial charge in [-0.3, -0.25) is 19.6 Å². The van der Waals surface area contributed by atoms with E-state index in [0.717, 1.165) is 37.5 Å². The number of carbonyl (C=O) groups is 1. The topological polar surface area (TPSA) is 130 Å². The zero-order valence-corrected chi connectivity index (χ0v) is 19.6. The van der Waals surface area contributed by atoms with Gasteiger partial charge >= 0.3 is 5.69 Å². The number of aromatic hydroxyl groups is 1. The molecule has 1 fully saturated rings. The number of phenols is 1. The van der Waals surface area contributed by atoms with Crippen LogP contribution in [0.4, 0.5) is 11.4 Å². The van der Waals surface area contributed by atoms with Crippen molar-refractivity contribution in [1.29, 1.82) is 0 Å². The summed E-state index contributed by atoms with van der Waals surface area (Å²) in [6, 6.07) is 19.2. The third-order valence-corrected chi connectivity index (χ3v) is 7.49. The van der Waals surface area contributed by atoms with E-state index in [-0.39, 0.29) is 16.5 Å². The first-order chi connectivity index (χ1) is 16.7. The zero-order chi connectivity index (χ0) is 25.0. The molecule has 0 aromatic heterocycles. The summed E-state index contributed by atoms with van der Waals surface area (Å²) < 4.78 is 27.6. The van der Waals surface area contributed by atoms with Gasteiger partial charge in [0.1, 0.15) is 0 Å². The maximum atomic E-state index is 12.9. The molecule has 9 nitrogen and oxygen atoms in total. The fourth-order valence-corrected chi connectivity index (χ4v) is 5.26. The smallest absolute Gasteiger partial charge is 0.312 e. The van der Waals surface area contributed by atoms with E-state index in [1.54, 1.807) is 12.1 Å². The summed E-state index contributed by atoms with van der Waals surface area (Å²) in [7, 11) is -4.13. The highest BCUT2D eigenvalue weighted by Crippen LogP contribution is 2.29. The van der Waals surface area contributed by atoms with Crippen molar-refractivity contribution < 1.29 is 23.2 Å². The molecule has 4 rings (SSSR count). The van der Waals surface area contributed by atoms with Crippen molar-refractivity contribution in [2.24, 2.45) is 5.92 Å². The van der Waals surface area contributed by atoms with Crippen molar-refractivity contribution in [2.75, 3.05) is 17.8 Å². The number of benzene rings is 3. The third-order valence-electron chi connectivity index (χ3n) is 6.11. The largest absolute Gasteiger partial charge is 0.502 e. The number of amides is 1. The molecule has 0 spiro atoms. The van der Waals surface area contributed by atoms with Crippen LogP contribution in [-0.2, 0) is 16.4 Å². The molecule has 182 valence electrons. The van der Waals surface area contributed by atoms with E-state index in [0.29, 0.717) is 24.6 Å². The van der Waals surface area contributed by atoms with Crippen LogP contribution in [0.2, 0.25) is 0 Å². The molecule has 0 radical (unpaired) electrons. The van der Waals surface area contributed by atoms with Crippen LogP contribution in [0.1, 0.15) is 28.8 Å². The second-order valence-electron chi connectivity index (χ2n) is 8.52. The van der Waals surface area contributed by atoms with Gasteiger partial charge in [0.25, 0.3) is 15.9 Å². The molecule has 0 saturated carbocycles. The molecule has 0 bridgehead atoms. The zero-order valence-electron chi connectivity index (χ0n) is 18.8. The summed E-state index contributed by atoms with van der Waals surface area (Å²) in [5.74, 6) is -0.193. The number of phenolic OH excluding ortho intramolecular Hbond substituents is 1. The molecular weight excluding hydrogens is 470 g/mol. The number of likely N-dealkylation sites (tertiary alicyclic amines) is 1. The molecule has 1 saturated heterocycles. The standard InChI is InChI=1S/C25H25N3O6S/c29-24-11-10-22(17-23(24)28(31)32)35(33,34)26-21-8-6-20(7-9-21)25(30)27-14-12-19(13-15-27)16-18-4-2-1-3-5-18/h1-11,17,19,26,29H,12-16H2. The number of hydrogen-bond donors (Lipinski definition) is 2. The number of nitrogens with one attached hydrogen (secondary N) is 1. The molecular formula is C25H25N3O6S. The van der Waals surface area contributed by atoms with E-state index in [4.69, 9.17) is 0 Å². The van der Waals surface area contributed by atoms with Crippen molar-refractivity contribution in [3.05, 3.63) is 94.0 Å². The van der Waals surface area contributed by atoms with Crippen LogP contribution in [0.15, 0.2) is 77.7 Å². The van der Waals surface area contributed by atoms with E-state index in [2.05, 4.69) is 16.9 Å². The van der Waals surface area contributed by atoms with Crippen molar-refractivity contribution in [2.45, 2.75) is 24.2 Å². The Kier molecular flexibility index (Phi) is 7.02. The number of sulfonamides is 1. The number of nitro benzene ring substituents is 1. The van der Waals surface area contributed by atoms with E-state index in [1.807, 2.05) is 23.1 Å². The van der Waals surface area contributed by atoms with Crippen molar-refractivity contribution in [3.8, 4) is 5.75 Å². The van der Waals surface area contributed by atoms with Gasteiger partial charge in [0.2, 0.25) is 0 Å². The molecule has 2 N–H and O–H groups in total. The Labute approximate surface area is 203 Å². The Bertz CT molecular complexity index is 1320. The highest BCUT2D eigenvalue weighted by Gasteiger charge is 2.24. The number of nitrogens with zero attached hydrogens (tertiary/aromatic N) is 2. The van der Waals surface area contributed by atoms with E-state index in [9.17, 15) is 28.4 Å². The minimum Gasteiger partial charge on any atom is -0.502 e. The van der Waals surface area contributed by atoms with Crippen molar-refractivity contribution in [3.63, 3.8) is 0 Å². The molecule has 0 atom stereocenters. The fraction of sp³-hybridized carbons (Fsp3) is 0.240. The quantitative estimate of drug-likeness (QED) is 0.373. The van der Waals surface area contributed by atoms with Gasteiger partial charge in [0, 0.05) is 30.4 Å². The number of carbonyl (C=O) groups excluding carboxylic acids is 1. The maximum Gasteiger partial charge on any atom is 0.312 e. The first-order valence-corrected chi connectivity index (χ1v) is 12.6. The molecule has 3 aromatic carbocycles. The molecule has 1 aliphatic heterocycles. The lowest BCUT2D eigenvalue weighted by Gasteiger charge is -2.32. The SMILES string of the molecule is O=C(c1ccc(NS(=O)(=O)c2ccc(O)c([N+](=O)[O-])c2)cc1)N1CCC(Cc2ccccc2)CC1. The fourth-order valence-electron chi connectivity index (χ4n) is 4.18. The summed E-state index contributed by atoms with van der Waals surface area (Å²) in [6.07, 6.45) is 2.86. The summed E-state index contributed by atoms with van der Waals surface area (Å²) in [6.45, 7) is 1.34. The summed E-state index contributed by atoms with van der Waals surface area (Å²) >= 11 is 0. The molecule has 1 amide bonds. The van der Waals surface area contributed by atoms with Gasteiger partial charge in [-0.1, -0.05) is 30.3 Å². The number of rotatable bonds is 7. The van der Waals surface area contributed by atoms with E-state index in [1.165, 1.54) is 17.7 Å². The number of hydrogen-bond acceptors (Lipinski definition) is 6. The van der Waals surface area contributed by atoms with Gasteiger partial charge in [-0.2, -0.15) is 0 Å². The summed E-state index contributed by atoms with van der Waals surface area (Å²) in [4.78, 5) is 24.5. The Balaban J connectivity index is 1.37. The number of anilines is 1. The maximum absolute atomic E-state index is 12.9. The minimum atomic E-state index is -4.13. The monoisotopic (exact) mass is 495 g/mol. The van der Waals surface area contributed by atoms with Gasteiger partial charge in [-0.25, -0.2) is 8.42 Å². The molecule has 35 heavy (non-hydrogen) atoms. The lowest BCUT2D eigenvalue weighted by molar-refractivity contribution is -0.386. The predicted molar refractivity (Wildman–Crippen MR) is 131 cm³/mol. The van der Waals surface area contributed by atoms with Gasteiger partial charge < -0.3 is 10.0 Å².